The van der Waals surface area contributed by atoms with E-state index in [0.29, 0.717) is 12.1 Å². The molecule has 0 spiro atoms. The van der Waals surface area contributed by atoms with E-state index in [0.717, 1.165) is 13.1 Å². The lowest BCUT2D eigenvalue weighted by molar-refractivity contribution is -0.388. The standard InChI is InChI=1S/C20H17F3N2O5/c1-3-9-30-20(27)13(10-24-12-7-5-4-6-8-12)19(26)14-15(21)11(2)16(22)17(23)18(14)25(28)29/h4-8,10,26H,3,9H2,1-2H3. The predicted molar refractivity (Wildman–Crippen MR) is 103 cm³/mol. The van der Waals surface area contributed by atoms with Crippen molar-refractivity contribution in [2.24, 2.45) is 4.99 Å². The van der Waals surface area contributed by atoms with Crippen molar-refractivity contribution in [3.8, 4) is 0 Å². The number of esters is 1. The van der Waals surface area contributed by atoms with Gasteiger partial charge < -0.3 is 9.84 Å². The number of nitro groups is 1. The minimum atomic E-state index is -1.97. The summed E-state index contributed by atoms with van der Waals surface area (Å²) in [4.78, 5) is 26.2. The van der Waals surface area contributed by atoms with Crippen molar-refractivity contribution in [2.75, 3.05) is 6.61 Å². The van der Waals surface area contributed by atoms with Gasteiger partial charge in [-0.2, -0.15) is 4.39 Å². The molecular formula is C20H17F3N2O5. The highest BCUT2D eigenvalue weighted by Gasteiger charge is 2.35. The van der Waals surface area contributed by atoms with E-state index in [9.17, 15) is 33.2 Å². The maximum absolute atomic E-state index is 14.7. The minimum absolute atomic E-state index is 0.0732. The fraction of sp³-hybridized carbons (Fsp3) is 0.200. The SMILES string of the molecule is CCCOC(=O)C(C=Nc1ccccc1)=C(O)c1c(F)c(C)c(F)c(F)c1[N+](=O)[O-]. The Kier molecular flexibility index (Phi) is 7.29. The van der Waals surface area contributed by atoms with Crippen LogP contribution in [-0.4, -0.2) is 28.8 Å². The monoisotopic (exact) mass is 422 g/mol. The second-order valence-corrected chi connectivity index (χ2v) is 6.04. The van der Waals surface area contributed by atoms with Gasteiger partial charge in [-0.3, -0.25) is 15.1 Å². The highest BCUT2D eigenvalue weighted by molar-refractivity contribution is 6.15. The number of halogens is 3. The van der Waals surface area contributed by atoms with Crippen molar-refractivity contribution in [3.63, 3.8) is 0 Å². The van der Waals surface area contributed by atoms with Crippen LogP contribution in [0.5, 0.6) is 0 Å². The van der Waals surface area contributed by atoms with Gasteiger partial charge in [0.15, 0.2) is 5.82 Å². The highest BCUT2D eigenvalue weighted by Crippen LogP contribution is 2.35. The van der Waals surface area contributed by atoms with Gasteiger partial charge in [0.2, 0.25) is 5.82 Å². The van der Waals surface area contributed by atoms with Crippen LogP contribution in [0.1, 0.15) is 24.5 Å². The molecule has 0 amide bonds. The molecule has 2 aromatic rings. The van der Waals surface area contributed by atoms with E-state index < -0.39 is 56.5 Å². The van der Waals surface area contributed by atoms with E-state index in [4.69, 9.17) is 4.74 Å². The number of aliphatic imine (C=N–C) groups is 1. The lowest BCUT2D eigenvalue weighted by atomic mass is 10.0. The molecule has 1 N–H and O–H groups in total. The third-order valence-corrected chi connectivity index (χ3v) is 3.95. The molecule has 0 unspecified atom stereocenters. The van der Waals surface area contributed by atoms with Gasteiger partial charge in [0.05, 0.1) is 17.2 Å². The second kappa shape index (κ2) is 9.68. The van der Waals surface area contributed by atoms with Crippen LogP contribution < -0.4 is 0 Å². The molecule has 0 bridgehead atoms. The van der Waals surface area contributed by atoms with Crippen LogP contribution in [0.15, 0.2) is 40.9 Å². The van der Waals surface area contributed by atoms with Crippen LogP contribution in [0.3, 0.4) is 0 Å². The normalized spacial score (nSPS) is 12.0. The minimum Gasteiger partial charge on any atom is -0.506 e. The third-order valence-electron chi connectivity index (χ3n) is 3.95. The van der Waals surface area contributed by atoms with Gasteiger partial charge in [0.1, 0.15) is 22.7 Å². The summed E-state index contributed by atoms with van der Waals surface area (Å²) in [6.45, 7) is 2.45. The molecule has 2 aromatic carbocycles. The first-order valence-corrected chi connectivity index (χ1v) is 8.71. The van der Waals surface area contributed by atoms with E-state index in [1.807, 2.05) is 0 Å². The molecule has 7 nitrogen and oxygen atoms in total. The number of nitro benzene ring substituents is 1. The molecular weight excluding hydrogens is 405 g/mol. The Bertz CT molecular complexity index is 1040. The van der Waals surface area contributed by atoms with Gasteiger partial charge in [-0.05, 0) is 25.5 Å². The van der Waals surface area contributed by atoms with Gasteiger partial charge in [0.25, 0.3) is 0 Å². The van der Waals surface area contributed by atoms with E-state index in [1.54, 1.807) is 37.3 Å². The third kappa shape index (κ3) is 4.65. The van der Waals surface area contributed by atoms with Gasteiger partial charge >= 0.3 is 11.7 Å². The Balaban J connectivity index is 2.77. The number of aliphatic hydroxyl groups is 1. The summed E-state index contributed by atoms with van der Waals surface area (Å²) in [6, 6.07) is 8.06. The molecule has 10 heteroatoms. The molecule has 0 saturated carbocycles. The first-order valence-electron chi connectivity index (χ1n) is 8.71. The lowest BCUT2D eigenvalue weighted by Gasteiger charge is -2.11. The smallest absolute Gasteiger partial charge is 0.343 e. The van der Waals surface area contributed by atoms with E-state index in [1.165, 1.54) is 0 Å². The Morgan fingerprint density at radius 2 is 1.83 bits per heavy atom. The van der Waals surface area contributed by atoms with Crippen LogP contribution in [0.4, 0.5) is 24.5 Å². The summed E-state index contributed by atoms with van der Waals surface area (Å²) in [5.41, 5.74) is -4.26. The average Bonchev–Trinajstić information content (AvgIpc) is 2.73. The highest BCUT2D eigenvalue weighted by atomic mass is 19.2. The molecule has 30 heavy (non-hydrogen) atoms. The number of ether oxygens (including phenoxy) is 1. The van der Waals surface area contributed by atoms with Crippen molar-refractivity contribution in [3.05, 3.63) is 74.6 Å². The summed E-state index contributed by atoms with van der Waals surface area (Å²) >= 11 is 0. The Hall–Kier alpha value is -3.69. The fourth-order valence-electron chi connectivity index (χ4n) is 2.42. The Labute approximate surface area is 169 Å². The molecule has 158 valence electrons. The van der Waals surface area contributed by atoms with E-state index in [2.05, 4.69) is 4.99 Å². The molecule has 0 radical (unpaired) electrons. The summed E-state index contributed by atoms with van der Waals surface area (Å²) in [5, 5.41) is 21.8. The maximum atomic E-state index is 14.7. The lowest BCUT2D eigenvalue weighted by Crippen LogP contribution is -2.14. The van der Waals surface area contributed by atoms with Gasteiger partial charge in [-0.1, -0.05) is 25.1 Å². The number of carbonyl (C=O) groups excluding carboxylic acids is 1. The molecule has 2 rings (SSSR count). The van der Waals surface area contributed by atoms with Crippen molar-refractivity contribution in [2.45, 2.75) is 20.3 Å². The summed E-state index contributed by atoms with van der Waals surface area (Å²) < 4.78 is 47.5. The number of para-hydroxylation sites is 1. The fourth-order valence-corrected chi connectivity index (χ4v) is 2.42. The molecule has 0 saturated heterocycles. The zero-order chi connectivity index (χ0) is 22.4. The zero-order valence-electron chi connectivity index (χ0n) is 16.0. The Morgan fingerprint density at radius 1 is 1.20 bits per heavy atom. The first kappa shape index (κ1) is 22.6. The van der Waals surface area contributed by atoms with E-state index >= 15 is 0 Å². The van der Waals surface area contributed by atoms with Crippen molar-refractivity contribution in [1.82, 2.24) is 0 Å². The number of aliphatic hydroxyl groups excluding tert-OH is 1. The van der Waals surface area contributed by atoms with E-state index in [-0.39, 0.29) is 6.61 Å². The molecule has 0 heterocycles. The summed E-state index contributed by atoms with van der Waals surface area (Å²) in [5.74, 6) is -7.82. The van der Waals surface area contributed by atoms with Gasteiger partial charge in [-0.15, -0.1) is 0 Å². The summed E-state index contributed by atoms with van der Waals surface area (Å²) in [6.07, 6.45) is 1.22. The number of rotatable bonds is 7. The van der Waals surface area contributed by atoms with Gasteiger partial charge in [-0.25, -0.2) is 13.6 Å². The van der Waals surface area contributed by atoms with Crippen LogP contribution in [0.25, 0.3) is 5.76 Å². The molecule has 0 aliphatic rings. The molecule has 0 atom stereocenters. The van der Waals surface area contributed by atoms with Crippen molar-refractivity contribution in [1.29, 1.82) is 0 Å². The summed E-state index contributed by atoms with van der Waals surface area (Å²) in [7, 11) is 0. The number of hydrogen-bond acceptors (Lipinski definition) is 6. The van der Waals surface area contributed by atoms with Crippen LogP contribution in [-0.2, 0) is 9.53 Å². The van der Waals surface area contributed by atoms with Crippen LogP contribution in [0.2, 0.25) is 0 Å². The quantitative estimate of drug-likeness (QED) is 0.129. The molecule has 0 aliphatic heterocycles. The topological polar surface area (TPSA) is 102 Å². The zero-order valence-corrected chi connectivity index (χ0v) is 16.0. The number of hydrogen-bond donors (Lipinski definition) is 1. The largest absolute Gasteiger partial charge is 0.506 e. The number of benzene rings is 2. The first-order chi connectivity index (χ1) is 14.2. The number of nitrogens with zero attached hydrogens (tertiary/aromatic N) is 2. The predicted octanol–water partition coefficient (Wildman–Crippen LogP) is 4.95. The van der Waals surface area contributed by atoms with Crippen molar-refractivity contribution >= 4 is 29.3 Å². The Morgan fingerprint density at radius 3 is 2.40 bits per heavy atom. The molecule has 0 aliphatic carbocycles. The maximum Gasteiger partial charge on any atom is 0.343 e. The van der Waals surface area contributed by atoms with Crippen molar-refractivity contribution < 1.29 is 32.7 Å². The molecule has 0 aromatic heterocycles. The number of carbonyl (C=O) groups is 1. The van der Waals surface area contributed by atoms with Gasteiger partial charge in [0, 0.05) is 11.8 Å². The molecule has 0 fully saturated rings. The average molecular weight is 422 g/mol. The van der Waals surface area contributed by atoms with Crippen LogP contribution in [0, 0.1) is 34.5 Å². The second-order valence-electron chi connectivity index (χ2n) is 6.04. The van der Waals surface area contributed by atoms with Crippen LogP contribution >= 0.6 is 0 Å².